The fourth-order valence-corrected chi connectivity index (χ4v) is 1.95. The van der Waals surface area contributed by atoms with Gasteiger partial charge < -0.3 is 15.2 Å². The monoisotopic (exact) mass is 331 g/mol. The minimum absolute atomic E-state index is 0.217. The van der Waals surface area contributed by atoms with Crippen molar-refractivity contribution in [2.24, 2.45) is 10.8 Å². The summed E-state index contributed by atoms with van der Waals surface area (Å²) in [5.41, 5.74) is 8.46. The summed E-state index contributed by atoms with van der Waals surface area (Å²) >= 11 is 0. The first-order valence-corrected chi connectivity index (χ1v) is 7.31. The van der Waals surface area contributed by atoms with Crippen molar-refractivity contribution < 1.29 is 18.7 Å². The van der Waals surface area contributed by atoms with Crippen LogP contribution in [0.25, 0.3) is 0 Å². The van der Waals surface area contributed by atoms with Crippen molar-refractivity contribution in [3.05, 3.63) is 59.4 Å². The maximum absolute atomic E-state index is 13.2. The second kappa shape index (κ2) is 8.52. The van der Waals surface area contributed by atoms with Gasteiger partial charge in [-0.1, -0.05) is 12.1 Å². The van der Waals surface area contributed by atoms with Crippen molar-refractivity contribution in [3.63, 3.8) is 0 Å². The van der Waals surface area contributed by atoms with Crippen LogP contribution in [-0.2, 0) is 6.61 Å². The number of nitrogens with two attached hydrogens (primary N) is 1. The van der Waals surface area contributed by atoms with Crippen LogP contribution in [0.15, 0.2) is 47.6 Å². The van der Waals surface area contributed by atoms with E-state index in [0.717, 1.165) is 0 Å². The molecular formula is C17H18FN3O3. The molecule has 126 valence electrons. The molecule has 24 heavy (non-hydrogen) atoms. The van der Waals surface area contributed by atoms with Gasteiger partial charge in [0, 0.05) is 0 Å². The fourth-order valence-electron chi connectivity index (χ4n) is 1.95. The van der Waals surface area contributed by atoms with Crippen LogP contribution in [-0.4, -0.2) is 18.9 Å². The Morgan fingerprint density at radius 3 is 2.79 bits per heavy atom. The van der Waals surface area contributed by atoms with E-state index in [1.165, 1.54) is 18.3 Å². The minimum atomic E-state index is -0.744. The Hall–Kier alpha value is -3.09. The first-order valence-electron chi connectivity index (χ1n) is 7.31. The van der Waals surface area contributed by atoms with E-state index in [-0.39, 0.29) is 12.4 Å². The number of hydrogen-bond donors (Lipinski definition) is 2. The van der Waals surface area contributed by atoms with Crippen LogP contribution in [0, 0.1) is 5.82 Å². The number of hydrogen-bond acceptors (Lipinski definition) is 4. The largest absolute Gasteiger partial charge is 0.490 e. The van der Waals surface area contributed by atoms with Crippen LogP contribution in [0.3, 0.4) is 0 Å². The van der Waals surface area contributed by atoms with Crippen LogP contribution in [0.2, 0.25) is 0 Å². The zero-order valence-electron chi connectivity index (χ0n) is 13.2. The quantitative estimate of drug-likeness (QED) is 0.604. The van der Waals surface area contributed by atoms with Crippen molar-refractivity contribution in [1.29, 1.82) is 0 Å². The number of primary amides is 1. The van der Waals surface area contributed by atoms with E-state index in [1.54, 1.807) is 30.3 Å². The van der Waals surface area contributed by atoms with Gasteiger partial charge in [0.15, 0.2) is 11.5 Å². The number of urea groups is 1. The lowest BCUT2D eigenvalue weighted by molar-refractivity contribution is 0.249. The third-order valence-corrected chi connectivity index (χ3v) is 2.94. The van der Waals surface area contributed by atoms with Crippen LogP contribution in [0.5, 0.6) is 11.5 Å². The Bertz CT molecular complexity index is 735. The molecule has 6 nitrogen and oxygen atoms in total. The van der Waals surface area contributed by atoms with E-state index in [4.69, 9.17) is 15.2 Å². The topological polar surface area (TPSA) is 85.9 Å². The van der Waals surface area contributed by atoms with Gasteiger partial charge in [0.1, 0.15) is 12.4 Å². The highest BCUT2D eigenvalue weighted by Gasteiger charge is 2.07. The van der Waals surface area contributed by atoms with Crippen molar-refractivity contribution in [2.45, 2.75) is 13.5 Å². The number of benzene rings is 2. The Morgan fingerprint density at radius 2 is 2.08 bits per heavy atom. The summed E-state index contributed by atoms with van der Waals surface area (Å²) in [6.45, 7) is 2.52. The fraction of sp³-hybridized carbons (Fsp3) is 0.176. The number of carbonyl (C=O) groups is 1. The summed E-state index contributed by atoms with van der Waals surface area (Å²) in [6.07, 6.45) is 1.43. The average Bonchev–Trinajstić information content (AvgIpc) is 2.54. The van der Waals surface area contributed by atoms with Gasteiger partial charge in [-0.3, -0.25) is 0 Å². The van der Waals surface area contributed by atoms with E-state index < -0.39 is 6.03 Å². The van der Waals surface area contributed by atoms with Crippen LogP contribution in [0.4, 0.5) is 9.18 Å². The number of ether oxygens (including phenoxy) is 2. The lowest BCUT2D eigenvalue weighted by atomic mass is 10.2. The van der Waals surface area contributed by atoms with Gasteiger partial charge in [0.2, 0.25) is 0 Å². The summed E-state index contributed by atoms with van der Waals surface area (Å²) < 4.78 is 24.4. The van der Waals surface area contributed by atoms with Crippen molar-refractivity contribution in [2.75, 3.05) is 6.61 Å². The number of rotatable bonds is 7. The second-order valence-corrected chi connectivity index (χ2v) is 4.79. The minimum Gasteiger partial charge on any atom is -0.490 e. The molecule has 0 aliphatic rings. The van der Waals surface area contributed by atoms with E-state index in [1.807, 2.05) is 6.92 Å². The van der Waals surface area contributed by atoms with Crippen LogP contribution >= 0.6 is 0 Å². The molecule has 0 aromatic heterocycles. The number of amides is 2. The SMILES string of the molecule is CCOc1cc(C=NNC(N)=O)ccc1OCc1cccc(F)c1. The van der Waals surface area contributed by atoms with Gasteiger partial charge in [-0.15, -0.1) is 0 Å². The van der Waals surface area contributed by atoms with Crippen molar-refractivity contribution in [3.8, 4) is 11.5 Å². The summed E-state index contributed by atoms with van der Waals surface area (Å²) in [5, 5.41) is 3.69. The first kappa shape index (κ1) is 17.3. The third-order valence-electron chi connectivity index (χ3n) is 2.94. The molecule has 0 saturated heterocycles. The second-order valence-electron chi connectivity index (χ2n) is 4.79. The molecule has 0 atom stereocenters. The molecule has 0 radical (unpaired) electrons. The highest BCUT2D eigenvalue weighted by atomic mass is 19.1. The lowest BCUT2D eigenvalue weighted by Crippen LogP contribution is -2.24. The van der Waals surface area contributed by atoms with E-state index in [0.29, 0.717) is 29.2 Å². The molecule has 0 heterocycles. The molecule has 0 aliphatic carbocycles. The van der Waals surface area contributed by atoms with E-state index in [9.17, 15) is 9.18 Å². The maximum Gasteiger partial charge on any atom is 0.332 e. The van der Waals surface area contributed by atoms with Crippen molar-refractivity contribution >= 4 is 12.2 Å². The zero-order valence-corrected chi connectivity index (χ0v) is 13.2. The standard InChI is InChI=1S/C17H18FN3O3/c1-2-23-16-9-12(10-20-21-17(19)22)6-7-15(16)24-11-13-4-3-5-14(18)8-13/h3-10H,2,11H2,1H3,(H3,19,21,22). The third kappa shape index (κ3) is 5.28. The van der Waals surface area contributed by atoms with Gasteiger partial charge in [-0.25, -0.2) is 14.6 Å². The zero-order chi connectivity index (χ0) is 17.4. The summed E-state index contributed by atoms with van der Waals surface area (Å²) in [7, 11) is 0. The van der Waals surface area contributed by atoms with E-state index in [2.05, 4.69) is 10.5 Å². The van der Waals surface area contributed by atoms with Gasteiger partial charge in [0.05, 0.1) is 12.8 Å². The Kier molecular flexibility index (Phi) is 6.13. The molecule has 0 spiro atoms. The molecule has 7 heteroatoms. The average molecular weight is 331 g/mol. The lowest BCUT2D eigenvalue weighted by Gasteiger charge is -2.12. The number of halogens is 1. The molecule has 0 fully saturated rings. The molecule has 2 rings (SSSR count). The van der Waals surface area contributed by atoms with Crippen LogP contribution < -0.4 is 20.6 Å². The Balaban J connectivity index is 2.10. The highest BCUT2D eigenvalue weighted by Crippen LogP contribution is 2.29. The molecule has 3 N–H and O–H groups in total. The summed E-state index contributed by atoms with van der Waals surface area (Å²) in [5.74, 6) is 0.743. The Labute approximate surface area is 139 Å². The first-order chi connectivity index (χ1) is 11.6. The maximum atomic E-state index is 13.2. The molecule has 0 aliphatic heterocycles. The van der Waals surface area contributed by atoms with E-state index >= 15 is 0 Å². The highest BCUT2D eigenvalue weighted by molar-refractivity contribution is 5.82. The summed E-state index contributed by atoms with van der Waals surface area (Å²) in [6, 6.07) is 10.6. The number of nitrogens with zero attached hydrogens (tertiary/aromatic N) is 1. The Morgan fingerprint density at radius 1 is 1.25 bits per heavy atom. The molecule has 0 saturated carbocycles. The number of nitrogens with one attached hydrogen (secondary N) is 1. The van der Waals surface area contributed by atoms with Crippen LogP contribution in [0.1, 0.15) is 18.1 Å². The number of carbonyl (C=O) groups excluding carboxylic acids is 1. The normalized spacial score (nSPS) is 10.6. The van der Waals surface area contributed by atoms with Gasteiger partial charge in [0.25, 0.3) is 0 Å². The number of hydrazone groups is 1. The predicted octanol–water partition coefficient (Wildman–Crippen LogP) is 2.81. The molecule has 0 unspecified atom stereocenters. The summed E-state index contributed by atoms with van der Waals surface area (Å²) in [4.78, 5) is 10.6. The molecule has 2 amide bonds. The predicted molar refractivity (Wildman–Crippen MR) is 88.7 cm³/mol. The van der Waals surface area contributed by atoms with Gasteiger partial charge in [-0.05, 0) is 48.4 Å². The molecule has 0 bridgehead atoms. The van der Waals surface area contributed by atoms with Gasteiger partial charge in [-0.2, -0.15) is 5.10 Å². The molecule has 2 aromatic carbocycles. The smallest absolute Gasteiger partial charge is 0.332 e. The van der Waals surface area contributed by atoms with Crippen molar-refractivity contribution in [1.82, 2.24) is 5.43 Å². The molecular weight excluding hydrogens is 313 g/mol. The van der Waals surface area contributed by atoms with Gasteiger partial charge >= 0.3 is 6.03 Å². The molecule has 2 aromatic rings.